The van der Waals surface area contributed by atoms with Crippen LogP contribution in [0.2, 0.25) is 5.02 Å². The van der Waals surface area contributed by atoms with Gasteiger partial charge in [-0.15, -0.1) is 0 Å². The molecule has 1 heterocycles. The molecule has 3 rings (SSSR count). The first-order chi connectivity index (χ1) is 11.0. The molecule has 2 N–H and O–H groups in total. The molecule has 0 spiro atoms. The summed E-state index contributed by atoms with van der Waals surface area (Å²) in [4.78, 5) is 0.117. The Labute approximate surface area is 140 Å². The van der Waals surface area contributed by atoms with Crippen molar-refractivity contribution < 1.29 is 13.2 Å². The van der Waals surface area contributed by atoms with Crippen LogP contribution in [-0.2, 0) is 29.7 Å². The Morgan fingerprint density at radius 3 is 2.70 bits per heavy atom. The first-order valence-corrected chi connectivity index (χ1v) is 9.00. The van der Waals surface area contributed by atoms with Crippen molar-refractivity contribution in [1.82, 2.24) is 10.0 Å². The van der Waals surface area contributed by atoms with E-state index in [1.165, 1.54) is 36.4 Å². The van der Waals surface area contributed by atoms with Crippen molar-refractivity contribution in [2.24, 2.45) is 0 Å². The minimum absolute atomic E-state index is 0.117. The minimum atomic E-state index is -3.63. The number of halogens is 1. The molecule has 2 aromatic carbocycles. The van der Waals surface area contributed by atoms with Crippen molar-refractivity contribution >= 4 is 21.6 Å². The van der Waals surface area contributed by atoms with E-state index in [1.54, 1.807) is 0 Å². The molecule has 0 amide bonds. The summed E-state index contributed by atoms with van der Waals surface area (Å²) in [6, 6.07) is 10.4. The summed E-state index contributed by atoms with van der Waals surface area (Å²) in [6.45, 7) is 1.93. The summed E-state index contributed by atoms with van der Waals surface area (Å²) in [5, 5.41) is 3.53. The Morgan fingerprint density at radius 1 is 1.17 bits per heavy atom. The highest BCUT2D eigenvalue weighted by Crippen LogP contribution is 2.27. The van der Waals surface area contributed by atoms with Crippen LogP contribution in [0.3, 0.4) is 0 Å². The Morgan fingerprint density at radius 2 is 1.96 bits per heavy atom. The smallest absolute Gasteiger partial charge is 0.240 e. The molecule has 2 aromatic rings. The van der Waals surface area contributed by atoms with E-state index in [4.69, 9.17) is 16.3 Å². The van der Waals surface area contributed by atoms with Gasteiger partial charge in [-0.3, -0.25) is 0 Å². The molecule has 0 aromatic heterocycles. The van der Waals surface area contributed by atoms with E-state index in [9.17, 15) is 8.42 Å². The number of benzene rings is 2. The zero-order valence-corrected chi connectivity index (χ0v) is 14.2. The van der Waals surface area contributed by atoms with Crippen molar-refractivity contribution in [2.45, 2.75) is 24.5 Å². The molecule has 0 aliphatic carbocycles. The third-order valence-corrected chi connectivity index (χ3v) is 5.50. The first kappa shape index (κ1) is 16.3. The lowest BCUT2D eigenvalue weighted by Gasteiger charge is -2.10. The van der Waals surface area contributed by atoms with Crippen molar-refractivity contribution in [1.29, 1.82) is 0 Å². The molecule has 0 saturated carbocycles. The van der Waals surface area contributed by atoms with Crippen molar-refractivity contribution in [2.75, 3.05) is 7.11 Å². The summed E-state index contributed by atoms with van der Waals surface area (Å²) in [5.74, 6) is 0.441. The van der Waals surface area contributed by atoms with E-state index in [0.717, 1.165) is 18.7 Å². The summed E-state index contributed by atoms with van der Waals surface area (Å²) in [7, 11) is -2.14. The fourth-order valence-corrected chi connectivity index (χ4v) is 3.90. The van der Waals surface area contributed by atoms with Crippen LogP contribution in [0.25, 0.3) is 0 Å². The van der Waals surface area contributed by atoms with Crippen molar-refractivity contribution in [3.63, 3.8) is 0 Å². The maximum absolute atomic E-state index is 12.4. The maximum atomic E-state index is 12.4. The normalized spacial score (nSPS) is 13.8. The third-order valence-electron chi connectivity index (χ3n) is 3.80. The Bertz CT molecular complexity index is 837. The van der Waals surface area contributed by atoms with Gasteiger partial charge in [-0.1, -0.05) is 29.8 Å². The standard InChI is InChI=1S/C16H17ClN2O3S/c1-22-16-5-4-14(7-15(16)17)23(20,21)19-8-11-2-3-12-9-18-10-13(12)6-11/h2-7,18-19H,8-10H2,1H3. The molecule has 1 aliphatic heterocycles. The molecule has 0 radical (unpaired) electrons. The zero-order chi connectivity index (χ0) is 16.4. The molecule has 0 atom stereocenters. The molecule has 122 valence electrons. The molecule has 7 heteroatoms. The summed E-state index contributed by atoms with van der Waals surface area (Å²) in [5.41, 5.74) is 3.41. The molecule has 0 bridgehead atoms. The summed E-state index contributed by atoms with van der Waals surface area (Å²) in [6.07, 6.45) is 0. The van der Waals surface area contributed by atoms with Crippen LogP contribution in [0.5, 0.6) is 5.75 Å². The van der Waals surface area contributed by atoms with E-state index < -0.39 is 10.0 Å². The highest BCUT2D eigenvalue weighted by Gasteiger charge is 2.16. The molecule has 0 saturated heterocycles. The largest absolute Gasteiger partial charge is 0.495 e. The fourth-order valence-electron chi connectivity index (χ4n) is 2.53. The predicted molar refractivity (Wildman–Crippen MR) is 89.0 cm³/mol. The van der Waals surface area contributed by atoms with Crippen LogP contribution in [0.15, 0.2) is 41.3 Å². The zero-order valence-electron chi connectivity index (χ0n) is 12.6. The van der Waals surface area contributed by atoms with Gasteiger partial charge in [0.25, 0.3) is 0 Å². The van der Waals surface area contributed by atoms with Gasteiger partial charge < -0.3 is 10.1 Å². The van der Waals surface area contributed by atoms with E-state index in [-0.39, 0.29) is 16.5 Å². The van der Waals surface area contributed by atoms with Crippen LogP contribution < -0.4 is 14.8 Å². The second-order valence-electron chi connectivity index (χ2n) is 5.33. The van der Waals surface area contributed by atoms with E-state index in [2.05, 4.69) is 10.0 Å². The highest BCUT2D eigenvalue weighted by atomic mass is 35.5. The van der Waals surface area contributed by atoms with Gasteiger partial charge in [0.2, 0.25) is 10.0 Å². The van der Waals surface area contributed by atoms with Crippen LogP contribution in [0.4, 0.5) is 0 Å². The van der Waals surface area contributed by atoms with Crippen LogP contribution >= 0.6 is 11.6 Å². The number of ether oxygens (including phenoxy) is 1. The van der Waals surface area contributed by atoms with E-state index in [0.29, 0.717) is 5.75 Å². The van der Waals surface area contributed by atoms with Crippen molar-refractivity contribution in [3.8, 4) is 5.75 Å². The van der Waals surface area contributed by atoms with Gasteiger partial charge in [0, 0.05) is 19.6 Å². The van der Waals surface area contributed by atoms with Crippen LogP contribution in [0.1, 0.15) is 16.7 Å². The lowest BCUT2D eigenvalue weighted by atomic mass is 10.1. The second kappa shape index (κ2) is 6.49. The number of fused-ring (bicyclic) bond motifs is 1. The number of methoxy groups -OCH3 is 1. The van der Waals surface area contributed by atoms with Gasteiger partial charge >= 0.3 is 0 Å². The highest BCUT2D eigenvalue weighted by molar-refractivity contribution is 7.89. The van der Waals surface area contributed by atoms with Gasteiger partial charge in [-0.2, -0.15) is 0 Å². The average molecular weight is 353 g/mol. The number of hydrogen-bond acceptors (Lipinski definition) is 4. The quantitative estimate of drug-likeness (QED) is 0.867. The third kappa shape index (κ3) is 3.50. The second-order valence-corrected chi connectivity index (χ2v) is 7.50. The van der Waals surface area contributed by atoms with Gasteiger partial charge in [0.15, 0.2) is 0 Å². The minimum Gasteiger partial charge on any atom is -0.495 e. The molecule has 5 nitrogen and oxygen atoms in total. The average Bonchev–Trinajstić information content (AvgIpc) is 3.00. The predicted octanol–water partition coefficient (Wildman–Crippen LogP) is 2.43. The Balaban J connectivity index is 1.75. The van der Waals surface area contributed by atoms with Gasteiger partial charge in [-0.25, -0.2) is 13.1 Å². The fraction of sp³-hybridized carbons (Fsp3) is 0.250. The van der Waals surface area contributed by atoms with E-state index >= 15 is 0 Å². The lowest BCUT2D eigenvalue weighted by molar-refractivity contribution is 0.414. The van der Waals surface area contributed by atoms with Gasteiger partial charge in [0.05, 0.1) is 17.0 Å². The Kier molecular flexibility index (Phi) is 4.59. The SMILES string of the molecule is COc1ccc(S(=O)(=O)NCc2ccc3c(c2)CNC3)cc1Cl. The van der Waals surface area contributed by atoms with Gasteiger partial charge in [-0.05, 0) is 34.9 Å². The molecule has 0 fully saturated rings. The molecule has 1 aliphatic rings. The van der Waals surface area contributed by atoms with Crippen LogP contribution in [-0.4, -0.2) is 15.5 Å². The maximum Gasteiger partial charge on any atom is 0.240 e. The molecule has 23 heavy (non-hydrogen) atoms. The van der Waals surface area contributed by atoms with Crippen LogP contribution in [0, 0.1) is 0 Å². The molecular formula is C16H17ClN2O3S. The number of hydrogen-bond donors (Lipinski definition) is 2. The number of sulfonamides is 1. The topological polar surface area (TPSA) is 67.4 Å². The molecular weight excluding hydrogens is 336 g/mol. The number of nitrogens with one attached hydrogen (secondary N) is 2. The lowest BCUT2D eigenvalue weighted by Crippen LogP contribution is -2.23. The monoisotopic (exact) mass is 352 g/mol. The summed E-state index contributed by atoms with van der Waals surface area (Å²) >= 11 is 5.99. The Hall–Kier alpha value is -1.60. The summed E-state index contributed by atoms with van der Waals surface area (Å²) < 4.78 is 32.4. The van der Waals surface area contributed by atoms with E-state index in [1.807, 2.05) is 18.2 Å². The number of rotatable bonds is 5. The van der Waals surface area contributed by atoms with Gasteiger partial charge in [0.1, 0.15) is 5.75 Å². The molecule has 0 unspecified atom stereocenters. The van der Waals surface area contributed by atoms with Crippen molar-refractivity contribution in [3.05, 3.63) is 58.1 Å². The first-order valence-electron chi connectivity index (χ1n) is 7.14.